The minimum Gasteiger partial charge on any atom is -0.779 e. The molecule has 0 amide bonds. The summed E-state index contributed by atoms with van der Waals surface area (Å²) >= 11 is 0. The van der Waals surface area contributed by atoms with Crippen LogP contribution in [0.15, 0.2) is 0 Å². The maximum atomic E-state index is 10.8. The number of hydrogen-bond donors (Lipinski definition) is 1. The quantitative estimate of drug-likeness (QED) is 0.634. The van der Waals surface area contributed by atoms with E-state index in [1.54, 1.807) is 0 Å². The molecular weight excluding hydrogens is 179 g/mol. The zero-order valence-corrected chi connectivity index (χ0v) is 8.42. The van der Waals surface area contributed by atoms with E-state index in [9.17, 15) is 9.46 Å². The van der Waals surface area contributed by atoms with Crippen LogP contribution in [0.3, 0.4) is 0 Å². The van der Waals surface area contributed by atoms with Gasteiger partial charge >= 0.3 is 0 Å². The van der Waals surface area contributed by atoms with Gasteiger partial charge in [-0.1, -0.05) is 20.3 Å². The first-order valence-electron chi connectivity index (χ1n) is 4.14. The fourth-order valence-corrected chi connectivity index (χ4v) is 1.29. The Balaban J connectivity index is 3.60. The first-order valence-corrected chi connectivity index (χ1v) is 5.87. The van der Waals surface area contributed by atoms with Gasteiger partial charge in [0, 0.05) is 6.16 Å². The van der Waals surface area contributed by atoms with Crippen LogP contribution >= 0.6 is 7.60 Å². The summed E-state index contributed by atoms with van der Waals surface area (Å²) in [7, 11) is -3.66. The molecule has 0 aliphatic rings. The molecule has 1 N–H and O–H groups in total. The number of rotatable bonds is 6. The normalized spacial score (nSPS) is 18.7. The van der Waals surface area contributed by atoms with Crippen molar-refractivity contribution in [2.75, 3.05) is 12.8 Å². The SMILES string of the molecule is CCCC(O)COP(=O)([O-])CC. The molecule has 0 radical (unpaired) electrons. The highest BCUT2D eigenvalue weighted by Crippen LogP contribution is 2.35. The number of aliphatic hydroxyl groups is 1. The predicted molar refractivity (Wildman–Crippen MR) is 45.0 cm³/mol. The van der Waals surface area contributed by atoms with Crippen molar-refractivity contribution in [3.05, 3.63) is 0 Å². The van der Waals surface area contributed by atoms with Gasteiger partial charge in [0.1, 0.15) is 7.60 Å². The van der Waals surface area contributed by atoms with E-state index in [0.29, 0.717) is 6.42 Å². The molecule has 0 aromatic rings. The van der Waals surface area contributed by atoms with E-state index < -0.39 is 13.7 Å². The average Bonchev–Trinajstić information content (AvgIpc) is 2.02. The molecule has 2 atom stereocenters. The van der Waals surface area contributed by atoms with Gasteiger partial charge in [-0.2, -0.15) is 0 Å². The summed E-state index contributed by atoms with van der Waals surface area (Å²) in [5.41, 5.74) is 0. The summed E-state index contributed by atoms with van der Waals surface area (Å²) in [4.78, 5) is 10.8. The number of hydrogen-bond acceptors (Lipinski definition) is 4. The maximum absolute atomic E-state index is 10.8. The Bertz CT molecular complexity index is 159. The van der Waals surface area contributed by atoms with Gasteiger partial charge in [-0.3, -0.25) is 0 Å². The number of aliphatic hydroxyl groups excluding tert-OH is 1. The zero-order chi connectivity index (χ0) is 9.61. The van der Waals surface area contributed by atoms with Crippen molar-refractivity contribution in [2.24, 2.45) is 0 Å². The molecule has 0 saturated carbocycles. The van der Waals surface area contributed by atoms with Crippen LogP contribution in [-0.4, -0.2) is 24.0 Å². The largest absolute Gasteiger partial charge is 0.779 e. The molecule has 2 unspecified atom stereocenters. The lowest BCUT2D eigenvalue weighted by molar-refractivity contribution is -0.200. The first-order chi connectivity index (χ1) is 5.52. The summed E-state index contributed by atoms with van der Waals surface area (Å²) < 4.78 is 15.3. The fraction of sp³-hybridized carbons (Fsp3) is 1.00. The molecule has 0 spiro atoms. The highest BCUT2D eigenvalue weighted by atomic mass is 31.2. The molecule has 0 aromatic carbocycles. The Morgan fingerprint density at radius 1 is 1.58 bits per heavy atom. The lowest BCUT2D eigenvalue weighted by Crippen LogP contribution is -2.17. The van der Waals surface area contributed by atoms with Gasteiger partial charge in [-0.25, -0.2) is 0 Å². The van der Waals surface area contributed by atoms with Crippen molar-refractivity contribution in [1.82, 2.24) is 0 Å². The molecular formula is C7H16O4P-. The molecule has 0 saturated heterocycles. The van der Waals surface area contributed by atoms with Crippen LogP contribution in [-0.2, 0) is 9.09 Å². The second-order valence-electron chi connectivity index (χ2n) is 2.67. The van der Waals surface area contributed by atoms with Crippen molar-refractivity contribution in [3.63, 3.8) is 0 Å². The molecule has 0 fully saturated rings. The van der Waals surface area contributed by atoms with E-state index in [-0.39, 0.29) is 12.8 Å². The van der Waals surface area contributed by atoms with E-state index in [1.807, 2.05) is 6.92 Å². The van der Waals surface area contributed by atoms with Crippen molar-refractivity contribution in [3.8, 4) is 0 Å². The zero-order valence-electron chi connectivity index (χ0n) is 7.52. The molecule has 0 aliphatic carbocycles. The molecule has 5 heteroatoms. The monoisotopic (exact) mass is 195 g/mol. The minimum atomic E-state index is -3.66. The summed E-state index contributed by atoms with van der Waals surface area (Å²) in [6, 6.07) is 0. The minimum absolute atomic E-state index is 0.0220. The third-order valence-electron chi connectivity index (χ3n) is 1.47. The summed E-state index contributed by atoms with van der Waals surface area (Å²) in [5, 5.41) is 9.12. The van der Waals surface area contributed by atoms with Crippen LogP contribution in [0.4, 0.5) is 0 Å². The standard InChI is InChI=1S/C7H17O4P/c1-3-5-7(8)6-11-12(9,10)4-2/h7-8H,3-6H2,1-2H3,(H,9,10)/p-1. The second kappa shape index (κ2) is 5.70. The van der Waals surface area contributed by atoms with Crippen LogP contribution in [0.5, 0.6) is 0 Å². The van der Waals surface area contributed by atoms with Crippen molar-refractivity contribution < 1.29 is 19.1 Å². The van der Waals surface area contributed by atoms with Crippen LogP contribution in [0.1, 0.15) is 26.7 Å². The van der Waals surface area contributed by atoms with Gasteiger partial charge in [0.05, 0.1) is 12.7 Å². The van der Waals surface area contributed by atoms with Gasteiger partial charge in [-0.05, 0) is 6.42 Å². The van der Waals surface area contributed by atoms with E-state index in [4.69, 9.17) is 5.11 Å². The van der Waals surface area contributed by atoms with Gasteiger partial charge in [0.2, 0.25) is 0 Å². The molecule has 0 rings (SSSR count). The van der Waals surface area contributed by atoms with Gasteiger partial charge in [-0.15, -0.1) is 0 Å². The molecule has 74 valence electrons. The van der Waals surface area contributed by atoms with Crippen LogP contribution in [0.25, 0.3) is 0 Å². The van der Waals surface area contributed by atoms with Gasteiger partial charge in [0.15, 0.2) is 0 Å². The highest BCUT2D eigenvalue weighted by molar-refractivity contribution is 7.51. The maximum Gasteiger partial charge on any atom is 0.134 e. The van der Waals surface area contributed by atoms with E-state index in [0.717, 1.165) is 6.42 Å². The van der Waals surface area contributed by atoms with Crippen LogP contribution in [0, 0.1) is 0 Å². The lowest BCUT2D eigenvalue weighted by atomic mass is 10.2. The molecule has 0 aromatic heterocycles. The Kier molecular flexibility index (Phi) is 5.76. The van der Waals surface area contributed by atoms with E-state index in [1.165, 1.54) is 6.92 Å². The highest BCUT2D eigenvalue weighted by Gasteiger charge is 2.08. The van der Waals surface area contributed by atoms with Crippen molar-refractivity contribution >= 4 is 7.60 Å². The van der Waals surface area contributed by atoms with Crippen molar-refractivity contribution in [2.45, 2.75) is 32.8 Å². The summed E-state index contributed by atoms with van der Waals surface area (Å²) in [6.45, 7) is 3.32. The van der Waals surface area contributed by atoms with Gasteiger partial charge < -0.3 is 19.1 Å². The molecule has 0 bridgehead atoms. The third-order valence-corrected chi connectivity index (χ3v) is 2.79. The molecule has 4 nitrogen and oxygen atoms in total. The Hall–Kier alpha value is 0.110. The lowest BCUT2D eigenvalue weighted by Gasteiger charge is -2.22. The predicted octanol–water partition coefficient (Wildman–Crippen LogP) is 0.737. The van der Waals surface area contributed by atoms with Gasteiger partial charge in [0.25, 0.3) is 0 Å². The van der Waals surface area contributed by atoms with E-state index in [2.05, 4.69) is 4.52 Å². The van der Waals surface area contributed by atoms with Crippen molar-refractivity contribution in [1.29, 1.82) is 0 Å². The van der Waals surface area contributed by atoms with E-state index >= 15 is 0 Å². The van der Waals surface area contributed by atoms with Crippen LogP contribution in [0.2, 0.25) is 0 Å². The Labute approximate surface area is 73.1 Å². The first kappa shape index (κ1) is 12.1. The molecule has 0 aliphatic heterocycles. The molecule has 0 heterocycles. The Morgan fingerprint density at radius 3 is 2.58 bits per heavy atom. The Morgan fingerprint density at radius 2 is 2.17 bits per heavy atom. The molecule has 12 heavy (non-hydrogen) atoms. The average molecular weight is 195 g/mol. The third kappa shape index (κ3) is 5.72. The fourth-order valence-electron chi connectivity index (χ4n) is 0.707. The smallest absolute Gasteiger partial charge is 0.134 e. The topological polar surface area (TPSA) is 69.6 Å². The van der Waals surface area contributed by atoms with Crippen LogP contribution < -0.4 is 4.89 Å². The second-order valence-corrected chi connectivity index (χ2v) is 4.78. The summed E-state index contributed by atoms with van der Waals surface area (Å²) in [6.07, 6.45) is 0.707. The summed E-state index contributed by atoms with van der Waals surface area (Å²) in [5.74, 6) is 0.